The molecular weight excluding hydrogens is 440 g/mol. The molecule has 0 spiro atoms. The molecule has 158 valence electrons. The van der Waals surface area contributed by atoms with Crippen LogP contribution in [0.5, 0.6) is 17.4 Å². The minimum Gasteiger partial charge on any atom is -0.479 e. The van der Waals surface area contributed by atoms with Gasteiger partial charge in [0.05, 0.1) is 5.02 Å². The number of carbonyl (C=O) groups is 1. The Hall–Kier alpha value is -1.92. The van der Waals surface area contributed by atoms with Gasteiger partial charge in [-0.15, -0.1) is 0 Å². The molecule has 2 rings (SSSR count). The van der Waals surface area contributed by atoms with Gasteiger partial charge in [0.2, 0.25) is 5.88 Å². The van der Waals surface area contributed by atoms with E-state index in [1.165, 1.54) is 6.20 Å². The fraction of sp³-hybridized carbons (Fsp3) is 0.368. The van der Waals surface area contributed by atoms with E-state index in [-0.39, 0.29) is 18.0 Å². The van der Waals surface area contributed by atoms with Crippen LogP contribution >= 0.6 is 31.9 Å². The molecule has 1 unspecified atom stereocenters. The number of benzene rings is 1. The van der Waals surface area contributed by atoms with E-state index < -0.39 is 14.8 Å². The van der Waals surface area contributed by atoms with Crippen molar-refractivity contribution >= 4 is 37.9 Å². The second-order valence-electron chi connectivity index (χ2n) is 5.74. The summed E-state index contributed by atoms with van der Waals surface area (Å²) in [5.74, 6) is 0.936. The Morgan fingerprint density at radius 3 is 2.24 bits per heavy atom. The van der Waals surface area contributed by atoms with Gasteiger partial charge in [-0.3, -0.25) is 0 Å². The summed E-state index contributed by atoms with van der Waals surface area (Å²) in [5.41, 5.74) is 0. The van der Waals surface area contributed by atoms with E-state index in [2.05, 4.69) is 4.98 Å². The van der Waals surface area contributed by atoms with E-state index in [0.717, 1.165) is 12.8 Å². The van der Waals surface area contributed by atoms with E-state index in [1.54, 1.807) is 37.3 Å². The normalized spacial score (nSPS) is 11.4. The lowest BCUT2D eigenvalue weighted by Crippen LogP contribution is -2.29. The van der Waals surface area contributed by atoms with E-state index in [1.807, 2.05) is 13.8 Å². The van der Waals surface area contributed by atoms with Gasteiger partial charge in [-0.25, -0.2) is 9.78 Å². The molecule has 0 radical (unpaired) electrons. The smallest absolute Gasteiger partial charge is 0.479 e. The lowest BCUT2D eigenvalue weighted by Gasteiger charge is -2.18. The van der Waals surface area contributed by atoms with Crippen LogP contribution in [0.25, 0.3) is 0 Å². The number of halogens is 2. The summed E-state index contributed by atoms with van der Waals surface area (Å²) in [4.78, 5) is 23.1. The number of pyridine rings is 1. The predicted octanol–water partition coefficient (Wildman–Crippen LogP) is 5.60. The average Bonchev–Trinajstić information content (AvgIpc) is 2.70. The van der Waals surface area contributed by atoms with Crippen LogP contribution in [0, 0.1) is 0 Å². The Balaban J connectivity index is 0.00000132. The Morgan fingerprint density at radius 2 is 1.72 bits per heavy atom. The first kappa shape index (κ1) is 25.1. The number of carbonyl (C=O) groups excluding carboxylic acids is 1. The number of aromatic nitrogens is 1. The number of nitrogens with zero attached hydrogens (tertiary/aromatic N) is 1. The summed E-state index contributed by atoms with van der Waals surface area (Å²) in [6.07, 6.45) is 2.23. The molecule has 1 heterocycles. The van der Waals surface area contributed by atoms with Crippen LogP contribution in [0.4, 0.5) is 0 Å². The SMILES string of the molecule is CCC(CC)OC(=O)[C@@H](C)Oc1ccc(Oc2ncc(Cl)cc2Cl)cc1.O=[PH+]O. The summed E-state index contributed by atoms with van der Waals surface area (Å²) < 4.78 is 25.1. The second kappa shape index (κ2) is 13.3. The molecule has 0 aliphatic rings. The largest absolute Gasteiger partial charge is 0.491 e. The minimum atomic E-state index is -1.17. The van der Waals surface area contributed by atoms with E-state index in [0.29, 0.717) is 21.5 Å². The molecule has 0 bridgehead atoms. The summed E-state index contributed by atoms with van der Waals surface area (Å²) in [7, 11) is -1.17. The second-order valence-corrected chi connectivity index (χ2v) is 6.77. The monoisotopic (exact) mass is 462 g/mol. The van der Waals surface area contributed by atoms with Gasteiger partial charge in [0.25, 0.3) is 0 Å². The number of rotatable bonds is 8. The molecule has 10 heteroatoms. The Kier molecular flexibility index (Phi) is 11.5. The van der Waals surface area contributed by atoms with Crippen LogP contribution < -0.4 is 9.47 Å². The summed E-state index contributed by atoms with van der Waals surface area (Å²) >= 11 is 11.8. The maximum atomic E-state index is 12.0. The average molecular weight is 463 g/mol. The predicted molar refractivity (Wildman–Crippen MR) is 113 cm³/mol. The molecule has 0 fully saturated rings. The van der Waals surface area contributed by atoms with Crippen molar-refractivity contribution in [3.8, 4) is 17.4 Å². The van der Waals surface area contributed by atoms with Gasteiger partial charge < -0.3 is 14.2 Å². The molecular formula is C19H23Cl2NO6P+. The van der Waals surface area contributed by atoms with E-state index in [4.69, 9.17) is 46.9 Å². The van der Waals surface area contributed by atoms with Crippen molar-refractivity contribution in [3.63, 3.8) is 0 Å². The zero-order valence-electron chi connectivity index (χ0n) is 16.2. The van der Waals surface area contributed by atoms with Gasteiger partial charge in [-0.05, 0) is 54.7 Å². The van der Waals surface area contributed by atoms with Crippen LogP contribution in [-0.2, 0) is 14.1 Å². The van der Waals surface area contributed by atoms with Gasteiger partial charge in [0.15, 0.2) is 6.10 Å². The van der Waals surface area contributed by atoms with Gasteiger partial charge in [-0.1, -0.05) is 37.0 Å². The highest BCUT2D eigenvalue weighted by molar-refractivity contribution is 7.16. The molecule has 1 aromatic heterocycles. The van der Waals surface area contributed by atoms with Crippen LogP contribution in [0.15, 0.2) is 36.5 Å². The van der Waals surface area contributed by atoms with Crippen molar-refractivity contribution < 1.29 is 28.5 Å². The standard InChI is InChI=1S/C19H21Cl2NO4.HO2P/c1-4-14(5-2)26-19(23)12(3)24-15-6-8-16(9-7-15)25-18-17(21)10-13(20)11-22-18;1-3-2/h6-12,14H,4-5H2,1-3H3;3H/p+1/t12-;/m1./s1. The maximum absolute atomic E-state index is 12.0. The molecule has 1 aromatic carbocycles. The van der Waals surface area contributed by atoms with Crippen molar-refractivity contribution in [3.05, 3.63) is 46.6 Å². The zero-order chi connectivity index (χ0) is 21.8. The van der Waals surface area contributed by atoms with Crippen molar-refractivity contribution in [1.82, 2.24) is 4.98 Å². The van der Waals surface area contributed by atoms with Crippen LogP contribution in [0.1, 0.15) is 33.6 Å². The Labute approximate surface area is 181 Å². The molecule has 0 saturated heterocycles. The molecule has 1 N–H and O–H groups in total. The molecule has 0 aliphatic heterocycles. The van der Waals surface area contributed by atoms with Crippen LogP contribution in [-0.4, -0.2) is 28.1 Å². The minimum absolute atomic E-state index is 0.0825. The van der Waals surface area contributed by atoms with Crippen molar-refractivity contribution in [2.45, 2.75) is 45.8 Å². The molecule has 2 aromatic rings. The van der Waals surface area contributed by atoms with Gasteiger partial charge in [-0.2, -0.15) is 4.89 Å². The first-order valence-electron chi connectivity index (χ1n) is 8.81. The quantitative estimate of drug-likeness (QED) is 0.402. The summed E-state index contributed by atoms with van der Waals surface area (Å²) in [5, 5.41) is 0.746. The fourth-order valence-corrected chi connectivity index (χ4v) is 2.56. The Bertz CT molecular complexity index is 787. The van der Waals surface area contributed by atoms with Gasteiger partial charge >= 0.3 is 14.7 Å². The topological polar surface area (TPSA) is 95.0 Å². The lowest BCUT2D eigenvalue weighted by atomic mass is 10.2. The van der Waals surface area contributed by atoms with Crippen molar-refractivity contribution in [2.75, 3.05) is 0 Å². The number of hydrogen-bond acceptors (Lipinski definition) is 6. The first-order valence-corrected chi connectivity index (χ1v) is 10.4. The summed E-state index contributed by atoms with van der Waals surface area (Å²) in [6, 6.07) is 8.33. The molecule has 0 aliphatic carbocycles. The third-order valence-corrected chi connectivity index (χ3v) is 4.13. The molecule has 7 nitrogen and oxygen atoms in total. The molecule has 0 saturated carbocycles. The number of ether oxygens (including phenoxy) is 3. The van der Waals surface area contributed by atoms with Gasteiger partial charge in [0.1, 0.15) is 22.6 Å². The van der Waals surface area contributed by atoms with Crippen LogP contribution in [0.2, 0.25) is 10.0 Å². The third-order valence-electron chi connectivity index (χ3n) is 3.65. The van der Waals surface area contributed by atoms with E-state index >= 15 is 0 Å². The van der Waals surface area contributed by atoms with Crippen molar-refractivity contribution in [2.24, 2.45) is 0 Å². The van der Waals surface area contributed by atoms with Crippen molar-refractivity contribution in [1.29, 1.82) is 0 Å². The highest BCUT2D eigenvalue weighted by Crippen LogP contribution is 2.30. The molecule has 2 atom stereocenters. The molecule has 29 heavy (non-hydrogen) atoms. The Morgan fingerprint density at radius 1 is 1.17 bits per heavy atom. The van der Waals surface area contributed by atoms with Gasteiger partial charge in [0, 0.05) is 6.20 Å². The van der Waals surface area contributed by atoms with Crippen LogP contribution in [0.3, 0.4) is 0 Å². The molecule has 0 amide bonds. The number of hydrogen-bond donors (Lipinski definition) is 1. The maximum Gasteiger partial charge on any atom is 0.491 e. The summed E-state index contributed by atoms with van der Waals surface area (Å²) in [6.45, 7) is 5.62. The lowest BCUT2D eigenvalue weighted by molar-refractivity contribution is -0.157. The zero-order valence-corrected chi connectivity index (χ0v) is 18.7. The van der Waals surface area contributed by atoms with E-state index in [9.17, 15) is 4.79 Å². The highest BCUT2D eigenvalue weighted by Gasteiger charge is 2.19. The number of esters is 1. The fourth-order valence-electron chi connectivity index (χ4n) is 2.14. The third kappa shape index (κ3) is 8.96. The first-order chi connectivity index (χ1) is 13.8. The highest BCUT2D eigenvalue weighted by atomic mass is 35.5.